The summed E-state index contributed by atoms with van der Waals surface area (Å²) >= 11 is 3.32. The molecular formula is C13H15N3OS2. The molecule has 2 aliphatic carbocycles. The summed E-state index contributed by atoms with van der Waals surface area (Å²) in [6.07, 6.45) is 5.06. The maximum absolute atomic E-state index is 9.12. The molecule has 0 radical (unpaired) electrons. The molecule has 0 atom stereocenters. The lowest BCUT2D eigenvalue weighted by Gasteiger charge is -2.06. The molecule has 0 bridgehead atoms. The Balaban J connectivity index is 1.63. The third-order valence-electron chi connectivity index (χ3n) is 3.53. The van der Waals surface area contributed by atoms with Crippen LogP contribution >= 0.6 is 23.1 Å². The van der Waals surface area contributed by atoms with Crippen molar-refractivity contribution in [2.75, 3.05) is 0 Å². The highest BCUT2D eigenvalue weighted by molar-refractivity contribution is 8.01. The number of nitrogens with zero attached hydrogens (tertiary/aromatic N) is 3. The van der Waals surface area contributed by atoms with E-state index in [2.05, 4.69) is 20.8 Å². The van der Waals surface area contributed by atoms with Gasteiger partial charge in [-0.3, -0.25) is 0 Å². The quantitative estimate of drug-likeness (QED) is 0.920. The molecule has 2 aliphatic rings. The number of hydrogen-bond acceptors (Lipinski definition) is 5. The first-order chi connectivity index (χ1) is 9.35. The molecule has 2 fully saturated rings. The number of rotatable bonds is 5. The van der Waals surface area contributed by atoms with Gasteiger partial charge >= 0.3 is 0 Å². The van der Waals surface area contributed by atoms with E-state index < -0.39 is 0 Å². The molecule has 1 N–H and O–H groups in total. The summed E-state index contributed by atoms with van der Waals surface area (Å²) < 4.78 is 3.54. The van der Waals surface area contributed by atoms with E-state index in [0.717, 1.165) is 10.0 Å². The van der Waals surface area contributed by atoms with Crippen molar-refractivity contribution in [1.29, 1.82) is 0 Å². The lowest BCUT2D eigenvalue weighted by atomic mass is 10.4. The molecule has 19 heavy (non-hydrogen) atoms. The highest BCUT2D eigenvalue weighted by atomic mass is 32.2. The summed E-state index contributed by atoms with van der Waals surface area (Å²) in [6, 6.07) is 4.67. The Hall–Kier alpha value is -0.850. The molecule has 6 heteroatoms. The van der Waals surface area contributed by atoms with E-state index in [1.54, 1.807) is 23.1 Å². The molecule has 0 amide bonds. The molecule has 0 aliphatic heterocycles. The fourth-order valence-corrected chi connectivity index (χ4v) is 4.29. The third kappa shape index (κ3) is 2.32. The van der Waals surface area contributed by atoms with Crippen LogP contribution in [0.1, 0.15) is 48.3 Å². The van der Waals surface area contributed by atoms with Crippen molar-refractivity contribution >= 4 is 23.1 Å². The second-order valence-electron chi connectivity index (χ2n) is 5.20. The van der Waals surface area contributed by atoms with Crippen LogP contribution in [0.15, 0.2) is 21.5 Å². The lowest BCUT2D eigenvalue weighted by Crippen LogP contribution is -2.01. The average Bonchev–Trinajstić information content (AvgIpc) is 3.35. The van der Waals surface area contributed by atoms with Gasteiger partial charge in [0.15, 0.2) is 5.16 Å². The van der Waals surface area contributed by atoms with E-state index in [1.807, 2.05) is 6.07 Å². The van der Waals surface area contributed by atoms with Gasteiger partial charge in [-0.2, -0.15) is 0 Å². The molecule has 0 aromatic carbocycles. The van der Waals surface area contributed by atoms with Crippen LogP contribution < -0.4 is 0 Å². The monoisotopic (exact) mass is 293 g/mol. The fourth-order valence-electron chi connectivity index (χ4n) is 2.24. The van der Waals surface area contributed by atoms with Crippen molar-refractivity contribution in [1.82, 2.24) is 14.8 Å². The Morgan fingerprint density at radius 1 is 1.26 bits per heavy atom. The van der Waals surface area contributed by atoms with Crippen LogP contribution in [-0.4, -0.2) is 19.9 Å². The topological polar surface area (TPSA) is 50.9 Å². The summed E-state index contributed by atoms with van der Waals surface area (Å²) in [6.45, 7) is 0.119. The van der Waals surface area contributed by atoms with Gasteiger partial charge < -0.3 is 9.67 Å². The number of hydrogen-bond donors (Lipinski definition) is 1. The number of aliphatic hydroxyl groups is 1. The number of thiophene rings is 1. The molecule has 2 aromatic rings. The zero-order valence-electron chi connectivity index (χ0n) is 10.5. The molecule has 2 saturated carbocycles. The van der Waals surface area contributed by atoms with Crippen molar-refractivity contribution < 1.29 is 5.11 Å². The minimum atomic E-state index is 0.119. The third-order valence-corrected chi connectivity index (χ3v) is 5.69. The van der Waals surface area contributed by atoms with E-state index in [-0.39, 0.29) is 6.61 Å². The fraction of sp³-hybridized carbons (Fsp3) is 0.538. The van der Waals surface area contributed by atoms with Gasteiger partial charge in [0.2, 0.25) is 0 Å². The van der Waals surface area contributed by atoms with Crippen LogP contribution in [0.3, 0.4) is 0 Å². The van der Waals surface area contributed by atoms with E-state index in [0.29, 0.717) is 12.0 Å². The van der Waals surface area contributed by atoms with Crippen LogP contribution in [0.25, 0.3) is 0 Å². The van der Waals surface area contributed by atoms with Gasteiger partial charge in [0.05, 0.1) is 10.8 Å². The Morgan fingerprint density at radius 2 is 2.11 bits per heavy atom. The van der Waals surface area contributed by atoms with Crippen molar-refractivity contribution in [2.45, 2.75) is 53.6 Å². The SMILES string of the molecule is OCc1ccc(Sc2nnc(C3CC3)n2C2CC2)s1. The summed E-state index contributed by atoms with van der Waals surface area (Å²) in [7, 11) is 0. The summed E-state index contributed by atoms with van der Waals surface area (Å²) in [5, 5.41) is 18.9. The second-order valence-corrected chi connectivity index (χ2v) is 7.63. The number of aliphatic hydroxyl groups excluding tert-OH is 1. The largest absolute Gasteiger partial charge is 0.391 e. The molecule has 2 heterocycles. The van der Waals surface area contributed by atoms with E-state index in [4.69, 9.17) is 5.11 Å². The standard InChI is InChI=1S/C13H15N3OS2/c17-7-10-5-6-11(18-10)19-13-15-14-12(8-1-2-8)16(13)9-3-4-9/h5-6,8-9,17H,1-4,7H2. The smallest absolute Gasteiger partial charge is 0.197 e. The molecule has 0 unspecified atom stereocenters. The molecule has 0 saturated heterocycles. The van der Waals surface area contributed by atoms with Gasteiger partial charge in [0.25, 0.3) is 0 Å². The summed E-state index contributed by atoms with van der Waals surface area (Å²) in [4.78, 5) is 1.00. The normalized spacial score (nSPS) is 19.0. The van der Waals surface area contributed by atoms with Gasteiger partial charge in [0, 0.05) is 16.8 Å². The predicted octanol–water partition coefficient (Wildman–Crippen LogP) is 3.20. The number of aromatic nitrogens is 3. The predicted molar refractivity (Wildman–Crippen MR) is 74.6 cm³/mol. The highest BCUT2D eigenvalue weighted by Crippen LogP contribution is 2.47. The van der Waals surface area contributed by atoms with Crippen molar-refractivity contribution in [2.24, 2.45) is 0 Å². The van der Waals surface area contributed by atoms with Crippen LogP contribution in [0.4, 0.5) is 0 Å². The van der Waals surface area contributed by atoms with Crippen LogP contribution in [0, 0.1) is 0 Å². The molecule has 2 aromatic heterocycles. The van der Waals surface area contributed by atoms with Gasteiger partial charge in [-0.1, -0.05) is 0 Å². The van der Waals surface area contributed by atoms with E-state index in [1.165, 1.54) is 35.7 Å². The van der Waals surface area contributed by atoms with Crippen LogP contribution in [0.2, 0.25) is 0 Å². The Bertz CT molecular complexity index is 599. The first-order valence-corrected chi connectivity index (χ1v) is 8.30. The highest BCUT2D eigenvalue weighted by Gasteiger charge is 2.36. The molecular weight excluding hydrogens is 278 g/mol. The maximum atomic E-state index is 9.12. The summed E-state index contributed by atoms with van der Waals surface area (Å²) in [5.41, 5.74) is 0. The van der Waals surface area contributed by atoms with E-state index in [9.17, 15) is 0 Å². The summed E-state index contributed by atoms with van der Waals surface area (Å²) in [5.74, 6) is 1.85. The molecule has 0 spiro atoms. The molecule has 4 nitrogen and oxygen atoms in total. The maximum Gasteiger partial charge on any atom is 0.197 e. The minimum Gasteiger partial charge on any atom is -0.391 e. The van der Waals surface area contributed by atoms with Crippen molar-refractivity contribution in [3.05, 3.63) is 22.8 Å². The average molecular weight is 293 g/mol. The second kappa shape index (κ2) is 4.61. The van der Waals surface area contributed by atoms with E-state index >= 15 is 0 Å². The Morgan fingerprint density at radius 3 is 2.74 bits per heavy atom. The van der Waals surface area contributed by atoms with Crippen molar-refractivity contribution in [3.8, 4) is 0 Å². The van der Waals surface area contributed by atoms with Gasteiger partial charge in [-0.15, -0.1) is 21.5 Å². The van der Waals surface area contributed by atoms with Gasteiger partial charge in [-0.25, -0.2) is 0 Å². The molecule has 4 rings (SSSR count). The van der Waals surface area contributed by atoms with Gasteiger partial charge in [-0.05, 0) is 49.6 Å². The minimum absolute atomic E-state index is 0.119. The Labute approximate surface area is 119 Å². The zero-order valence-corrected chi connectivity index (χ0v) is 12.1. The van der Waals surface area contributed by atoms with Crippen LogP contribution in [-0.2, 0) is 6.61 Å². The molecule has 100 valence electrons. The lowest BCUT2D eigenvalue weighted by molar-refractivity contribution is 0.285. The first kappa shape index (κ1) is 11.9. The zero-order chi connectivity index (χ0) is 12.8. The van der Waals surface area contributed by atoms with Gasteiger partial charge in [0.1, 0.15) is 5.82 Å². The van der Waals surface area contributed by atoms with Crippen LogP contribution in [0.5, 0.6) is 0 Å². The Kier molecular flexibility index (Phi) is 2.90. The van der Waals surface area contributed by atoms with Crippen molar-refractivity contribution in [3.63, 3.8) is 0 Å². The first-order valence-electron chi connectivity index (χ1n) is 6.67.